The molecule has 3 rings (SSSR count). The Labute approximate surface area is 117 Å². The first-order valence-corrected chi connectivity index (χ1v) is 6.52. The molecule has 0 fully saturated rings. The Morgan fingerprint density at radius 2 is 2.05 bits per heavy atom. The van der Waals surface area contributed by atoms with Crippen LogP contribution in [-0.4, -0.2) is 29.0 Å². The van der Waals surface area contributed by atoms with E-state index in [0.717, 1.165) is 23.7 Å². The summed E-state index contributed by atoms with van der Waals surface area (Å²) in [4.78, 5) is 13.7. The third-order valence-electron chi connectivity index (χ3n) is 3.25. The maximum Gasteiger partial charge on any atom is 0.133 e. The van der Waals surface area contributed by atoms with Crippen molar-refractivity contribution in [2.24, 2.45) is 0 Å². The van der Waals surface area contributed by atoms with Crippen LogP contribution in [0.1, 0.15) is 5.56 Å². The molecule has 0 radical (unpaired) electrons. The lowest BCUT2D eigenvalue weighted by atomic mass is 10.2. The highest BCUT2D eigenvalue weighted by molar-refractivity contribution is 5.83. The van der Waals surface area contributed by atoms with E-state index in [1.807, 2.05) is 37.3 Å². The zero-order valence-electron chi connectivity index (χ0n) is 11.6. The number of benzene rings is 1. The standard InChI is InChI=1S/C15H17N5/c1-20(2)15-7-14(18-10-19-15)17-9-11-8-16-13-6-4-3-5-12(11)13/h3-8,10,16H,9H2,1-2H3,(H,17,18,19). The highest BCUT2D eigenvalue weighted by atomic mass is 15.2. The number of nitrogens with zero attached hydrogens (tertiary/aromatic N) is 3. The third-order valence-corrected chi connectivity index (χ3v) is 3.25. The summed E-state index contributed by atoms with van der Waals surface area (Å²) in [7, 11) is 3.93. The average molecular weight is 267 g/mol. The molecule has 0 saturated heterocycles. The quantitative estimate of drug-likeness (QED) is 0.763. The van der Waals surface area contributed by atoms with Gasteiger partial charge >= 0.3 is 0 Å². The van der Waals surface area contributed by atoms with E-state index in [1.54, 1.807) is 6.33 Å². The number of anilines is 2. The van der Waals surface area contributed by atoms with Crippen LogP contribution in [0.2, 0.25) is 0 Å². The van der Waals surface area contributed by atoms with Crippen molar-refractivity contribution in [3.8, 4) is 0 Å². The Kier molecular flexibility index (Phi) is 3.25. The molecule has 0 aliphatic carbocycles. The second-order valence-corrected chi connectivity index (χ2v) is 4.87. The topological polar surface area (TPSA) is 56.8 Å². The normalized spacial score (nSPS) is 10.7. The number of hydrogen-bond donors (Lipinski definition) is 2. The van der Waals surface area contributed by atoms with Gasteiger partial charge in [0.15, 0.2) is 0 Å². The van der Waals surface area contributed by atoms with E-state index in [9.17, 15) is 0 Å². The maximum absolute atomic E-state index is 4.24. The van der Waals surface area contributed by atoms with Crippen molar-refractivity contribution >= 4 is 22.5 Å². The molecular weight excluding hydrogens is 250 g/mol. The van der Waals surface area contributed by atoms with Crippen molar-refractivity contribution in [1.82, 2.24) is 15.0 Å². The van der Waals surface area contributed by atoms with Crippen molar-refractivity contribution in [2.75, 3.05) is 24.3 Å². The SMILES string of the molecule is CN(C)c1cc(NCc2c[nH]c3ccccc23)ncn1. The molecule has 102 valence electrons. The minimum Gasteiger partial charge on any atom is -0.366 e. The summed E-state index contributed by atoms with van der Waals surface area (Å²) < 4.78 is 0. The van der Waals surface area contributed by atoms with Crippen LogP contribution in [0.5, 0.6) is 0 Å². The van der Waals surface area contributed by atoms with Gasteiger partial charge in [0.25, 0.3) is 0 Å². The monoisotopic (exact) mass is 267 g/mol. The van der Waals surface area contributed by atoms with Gasteiger partial charge in [-0.05, 0) is 11.6 Å². The van der Waals surface area contributed by atoms with E-state index in [2.05, 4.69) is 38.5 Å². The Bertz CT molecular complexity index is 717. The predicted molar refractivity (Wildman–Crippen MR) is 82.0 cm³/mol. The number of para-hydroxylation sites is 1. The molecular formula is C15H17N5. The van der Waals surface area contributed by atoms with Crippen LogP contribution in [0.3, 0.4) is 0 Å². The summed E-state index contributed by atoms with van der Waals surface area (Å²) in [6.45, 7) is 0.730. The van der Waals surface area contributed by atoms with Gasteiger partial charge in [0.1, 0.15) is 18.0 Å². The van der Waals surface area contributed by atoms with Crippen LogP contribution in [0.15, 0.2) is 42.9 Å². The molecule has 0 aliphatic rings. The first-order valence-electron chi connectivity index (χ1n) is 6.52. The molecule has 0 saturated carbocycles. The molecule has 20 heavy (non-hydrogen) atoms. The van der Waals surface area contributed by atoms with Crippen molar-refractivity contribution in [2.45, 2.75) is 6.54 Å². The highest BCUT2D eigenvalue weighted by Crippen LogP contribution is 2.19. The van der Waals surface area contributed by atoms with Crippen LogP contribution in [0.25, 0.3) is 10.9 Å². The fourth-order valence-corrected chi connectivity index (χ4v) is 2.15. The summed E-state index contributed by atoms with van der Waals surface area (Å²) in [6.07, 6.45) is 3.61. The fraction of sp³-hybridized carbons (Fsp3) is 0.200. The van der Waals surface area contributed by atoms with Crippen molar-refractivity contribution in [3.63, 3.8) is 0 Å². The van der Waals surface area contributed by atoms with Crippen molar-refractivity contribution < 1.29 is 0 Å². The lowest BCUT2D eigenvalue weighted by Crippen LogP contribution is -2.11. The molecule has 5 heteroatoms. The first kappa shape index (κ1) is 12.5. The minimum atomic E-state index is 0.730. The Balaban J connectivity index is 1.78. The van der Waals surface area contributed by atoms with Crippen LogP contribution >= 0.6 is 0 Å². The Morgan fingerprint density at radius 3 is 2.90 bits per heavy atom. The van der Waals surface area contributed by atoms with E-state index >= 15 is 0 Å². The number of aromatic nitrogens is 3. The van der Waals surface area contributed by atoms with Gasteiger partial charge in [-0.25, -0.2) is 9.97 Å². The number of aromatic amines is 1. The fourth-order valence-electron chi connectivity index (χ4n) is 2.15. The van der Waals surface area contributed by atoms with E-state index in [4.69, 9.17) is 0 Å². The lowest BCUT2D eigenvalue weighted by molar-refractivity contribution is 1.02. The summed E-state index contributed by atoms with van der Waals surface area (Å²) in [5.74, 6) is 1.72. The average Bonchev–Trinajstić information content (AvgIpc) is 2.89. The maximum atomic E-state index is 4.24. The van der Waals surface area contributed by atoms with Gasteiger partial charge in [-0.1, -0.05) is 18.2 Å². The van der Waals surface area contributed by atoms with Crippen LogP contribution < -0.4 is 10.2 Å². The second-order valence-electron chi connectivity index (χ2n) is 4.87. The van der Waals surface area contributed by atoms with Gasteiger partial charge < -0.3 is 15.2 Å². The molecule has 2 N–H and O–H groups in total. The molecule has 3 aromatic rings. The number of hydrogen-bond acceptors (Lipinski definition) is 4. The van der Waals surface area contributed by atoms with Crippen LogP contribution in [0, 0.1) is 0 Å². The first-order chi connectivity index (χ1) is 9.74. The molecule has 2 heterocycles. The second kappa shape index (κ2) is 5.21. The molecule has 0 aliphatic heterocycles. The molecule has 0 amide bonds. The van der Waals surface area contributed by atoms with Crippen molar-refractivity contribution in [3.05, 3.63) is 48.4 Å². The summed E-state index contributed by atoms with van der Waals surface area (Å²) >= 11 is 0. The zero-order chi connectivity index (χ0) is 13.9. The lowest BCUT2D eigenvalue weighted by Gasteiger charge is -2.12. The molecule has 2 aromatic heterocycles. The zero-order valence-corrected chi connectivity index (χ0v) is 11.6. The van der Waals surface area contributed by atoms with Crippen LogP contribution in [-0.2, 0) is 6.54 Å². The van der Waals surface area contributed by atoms with E-state index in [1.165, 1.54) is 10.9 Å². The molecule has 0 unspecified atom stereocenters. The smallest absolute Gasteiger partial charge is 0.133 e. The van der Waals surface area contributed by atoms with Gasteiger partial charge in [0.05, 0.1) is 0 Å². The van der Waals surface area contributed by atoms with Crippen molar-refractivity contribution in [1.29, 1.82) is 0 Å². The minimum absolute atomic E-state index is 0.730. The summed E-state index contributed by atoms with van der Waals surface area (Å²) in [5.41, 5.74) is 2.38. The number of rotatable bonds is 4. The number of fused-ring (bicyclic) bond motifs is 1. The van der Waals surface area contributed by atoms with Gasteiger partial charge in [0.2, 0.25) is 0 Å². The third kappa shape index (κ3) is 2.42. The van der Waals surface area contributed by atoms with Gasteiger partial charge in [0, 0.05) is 43.8 Å². The van der Waals surface area contributed by atoms with Gasteiger partial charge in [-0.15, -0.1) is 0 Å². The summed E-state index contributed by atoms with van der Waals surface area (Å²) in [5, 5.41) is 4.57. The van der Waals surface area contributed by atoms with Crippen LogP contribution in [0.4, 0.5) is 11.6 Å². The van der Waals surface area contributed by atoms with Gasteiger partial charge in [-0.3, -0.25) is 0 Å². The Hall–Kier alpha value is -2.56. The van der Waals surface area contributed by atoms with E-state index in [-0.39, 0.29) is 0 Å². The van der Waals surface area contributed by atoms with Gasteiger partial charge in [-0.2, -0.15) is 0 Å². The van der Waals surface area contributed by atoms with E-state index in [0.29, 0.717) is 0 Å². The molecule has 5 nitrogen and oxygen atoms in total. The van der Waals surface area contributed by atoms with E-state index < -0.39 is 0 Å². The summed E-state index contributed by atoms with van der Waals surface area (Å²) in [6, 6.07) is 10.2. The largest absolute Gasteiger partial charge is 0.366 e. The molecule has 1 aromatic carbocycles. The number of H-pyrrole nitrogens is 1. The molecule has 0 spiro atoms. The highest BCUT2D eigenvalue weighted by Gasteiger charge is 2.04. The predicted octanol–water partition coefficient (Wildman–Crippen LogP) is 2.64. The molecule has 0 atom stereocenters. The molecule has 0 bridgehead atoms. The Morgan fingerprint density at radius 1 is 1.20 bits per heavy atom. The number of nitrogens with one attached hydrogen (secondary N) is 2.